The molecule has 0 fully saturated rings. The Morgan fingerprint density at radius 3 is 1.98 bits per heavy atom. The Morgan fingerprint density at radius 2 is 1.15 bits per heavy atom. The quantitative estimate of drug-likeness (QED) is 0.174. The summed E-state index contributed by atoms with van der Waals surface area (Å²) in [6, 6.07) is 70.3. The number of para-hydroxylation sites is 3. The summed E-state index contributed by atoms with van der Waals surface area (Å²) in [6.07, 6.45) is 1.95. The molecule has 0 spiro atoms. The van der Waals surface area contributed by atoms with Crippen molar-refractivity contribution in [1.29, 1.82) is 0 Å². The molecule has 66 heavy (non-hydrogen) atoms. The molecular weight excluding hydrogens is 803 g/mol. The third kappa shape index (κ3) is 6.37. The lowest BCUT2D eigenvalue weighted by atomic mass is 9.78. The molecule has 0 amide bonds. The molecule has 0 aliphatic carbocycles. The molecule has 1 N–H and O–H groups in total. The molecule has 4 heterocycles. The Balaban J connectivity index is 1.11. The summed E-state index contributed by atoms with van der Waals surface area (Å²) in [4.78, 5) is 14.5. The molecule has 0 saturated heterocycles. The van der Waals surface area contributed by atoms with Crippen LogP contribution in [0.15, 0.2) is 200 Å². The molecule has 0 radical (unpaired) electrons. The minimum absolute atomic E-state index is 0.0394. The summed E-state index contributed by atoms with van der Waals surface area (Å²) in [5.74, 6) is 1.79. The van der Waals surface area contributed by atoms with E-state index < -0.39 is 0 Å². The summed E-state index contributed by atoms with van der Waals surface area (Å²) in [5, 5.41) is 4.75. The first kappa shape index (κ1) is 39.6. The minimum atomic E-state index is -0.229. The van der Waals surface area contributed by atoms with Crippen molar-refractivity contribution < 1.29 is 0 Å². The van der Waals surface area contributed by atoms with E-state index in [1.54, 1.807) is 0 Å². The Hall–Kier alpha value is -8.02. The van der Waals surface area contributed by atoms with E-state index in [0.717, 1.165) is 67.1 Å². The smallest absolute Gasteiger partial charge is 0.147 e. The number of rotatable bonds is 7. The maximum atomic E-state index is 5.72. The molecule has 8 aromatic carbocycles. The zero-order chi connectivity index (χ0) is 44.7. The molecule has 0 bridgehead atoms. The van der Waals surface area contributed by atoms with E-state index >= 15 is 0 Å². The Bertz CT molecular complexity index is 3820. The van der Waals surface area contributed by atoms with Crippen LogP contribution in [0.5, 0.6) is 0 Å². The molecule has 318 valence electrons. The monoisotopic (exact) mass is 851 g/mol. The third-order valence-corrected chi connectivity index (χ3v) is 13.8. The molecule has 0 unspecified atom stereocenters. The molecule has 0 aliphatic rings. The second-order valence-corrected chi connectivity index (χ2v) is 19.2. The van der Waals surface area contributed by atoms with Gasteiger partial charge in [-0.05, 0) is 99.5 Å². The van der Waals surface area contributed by atoms with E-state index in [1.807, 2.05) is 6.20 Å². The lowest BCUT2D eigenvalue weighted by molar-refractivity contribution is 0.588. The van der Waals surface area contributed by atoms with Crippen LogP contribution in [0.4, 0.5) is 0 Å². The minimum Gasteiger partial charge on any atom is -0.354 e. The maximum absolute atomic E-state index is 5.72. The van der Waals surface area contributed by atoms with Gasteiger partial charge in [0.1, 0.15) is 11.6 Å². The lowest BCUT2D eigenvalue weighted by Crippen LogP contribution is -2.19. The zero-order valence-electron chi connectivity index (χ0n) is 37.8. The van der Waals surface area contributed by atoms with Crippen molar-refractivity contribution in [2.24, 2.45) is 0 Å². The zero-order valence-corrected chi connectivity index (χ0v) is 37.8. The summed E-state index contributed by atoms with van der Waals surface area (Å²) < 4.78 is 4.71. The van der Waals surface area contributed by atoms with Gasteiger partial charge < -0.3 is 4.98 Å². The van der Waals surface area contributed by atoms with E-state index in [0.29, 0.717) is 0 Å². The van der Waals surface area contributed by atoms with Crippen molar-refractivity contribution in [3.63, 3.8) is 0 Å². The van der Waals surface area contributed by atoms with Gasteiger partial charge in [0.15, 0.2) is 0 Å². The summed E-state index contributed by atoms with van der Waals surface area (Å²) >= 11 is 0. The first-order chi connectivity index (χ1) is 32.1. The molecule has 5 heteroatoms. The van der Waals surface area contributed by atoms with Gasteiger partial charge in [0.25, 0.3) is 0 Å². The number of aromatic nitrogens is 5. The van der Waals surface area contributed by atoms with Crippen molar-refractivity contribution in [2.75, 3.05) is 0 Å². The van der Waals surface area contributed by atoms with Gasteiger partial charge in [-0.25, -0.2) is 9.97 Å². The second-order valence-electron chi connectivity index (χ2n) is 19.2. The van der Waals surface area contributed by atoms with Gasteiger partial charge in [-0.2, -0.15) is 0 Å². The predicted molar refractivity (Wildman–Crippen MR) is 276 cm³/mol. The molecule has 0 atom stereocenters. The van der Waals surface area contributed by atoms with Crippen molar-refractivity contribution in [2.45, 2.75) is 45.4 Å². The van der Waals surface area contributed by atoms with Crippen molar-refractivity contribution in [3.8, 4) is 45.1 Å². The van der Waals surface area contributed by atoms with Crippen LogP contribution in [0.3, 0.4) is 0 Å². The average molecular weight is 852 g/mol. The number of pyridine rings is 1. The van der Waals surface area contributed by atoms with Crippen molar-refractivity contribution in [1.82, 2.24) is 24.1 Å². The van der Waals surface area contributed by atoms with E-state index in [1.165, 1.54) is 49.4 Å². The number of imidazole rings is 1. The van der Waals surface area contributed by atoms with Crippen molar-refractivity contribution in [3.05, 3.63) is 217 Å². The number of hydrogen-bond acceptors (Lipinski definition) is 2. The summed E-state index contributed by atoms with van der Waals surface area (Å²) in [5.41, 5.74) is 16.5. The average Bonchev–Trinajstić information content (AvgIpc) is 4.04. The molecular formula is C61H49N5. The molecule has 12 rings (SSSR count). The van der Waals surface area contributed by atoms with E-state index in [2.05, 4.69) is 243 Å². The van der Waals surface area contributed by atoms with Gasteiger partial charge in [0.05, 0.1) is 27.6 Å². The summed E-state index contributed by atoms with van der Waals surface area (Å²) in [7, 11) is 0. The van der Waals surface area contributed by atoms with Gasteiger partial charge in [-0.3, -0.25) is 9.13 Å². The van der Waals surface area contributed by atoms with Crippen molar-refractivity contribution >= 4 is 54.6 Å². The number of nitrogens with one attached hydrogen (secondary N) is 1. The lowest BCUT2D eigenvalue weighted by Gasteiger charge is -2.27. The fourth-order valence-electron chi connectivity index (χ4n) is 10.1. The van der Waals surface area contributed by atoms with Crippen LogP contribution >= 0.6 is 0 Å². The van der Waals surface area contributed by atoms with Gasteiger partial charge in [0.2, 0.25) is 0 Å². The third-order valence-electron chi connectivity index (χ3n) is 13.8. The van der Waals surface area contributed by atoms with Crippen LogP contribution in [0, 0.1) is 0 Å². The SMILES string of the molecule is CC(C)(C)c1ccnc(-n2c3ccc(-c4ccccc4)cc3c3ccc(-c4cccc5c4nc(-c4cccc6c4[nH]c4ccccc46)n5-c4cccc(C(C)(C)c5ccccc5)c4)cc32)c1. The standard InChI is InChI=1S/C61H49N5/c1-60(2,3)43-33-34-62-56(38-43)66-53-32-30-40(39-17-8-6-9-18-39)35-51(53)48-31-29-41(36-55(48)66)46-24-16-28-54-58(46)64-59(50-26-15-25-49-47-23-12-13-27-52(47)63-57(49)50)65(54)45-22-14-21-44(37-45)61(4,5)42-19-10-7-11-20-42/h6-38,63H,1-5H3. The van der Waals surface area contributed by atoms with Crippen LogP contribution in [0.1, 0.15) is 51.3 Å². The highest BCUT2D eigenvalue weighted by Crippen LogP contribution is 2.42. The maximum Gasteiger partial charge on any atom is 0.147 e. The van der Waals surface area contributed by atoms with Gasteiger partial charge in [-0.1, -0.05) is 168 Å². The highest BCUT2D eigenvalue weighted by molar-refractivity contribution is 6.13. The Kier molecular flexibility index (Phi) is 9.01. The van der Waals surface area contributed by atoms with Crippen LogP contribution in [-0.4, -0.2) is 24.1 Å². The molecule has 4 aromatic heterocycles. The molecule has 12 aromatic rings. The first-order valence-corrected chi connectivity index (χ1v) is 22.9. The van der Waals surface area contributed by atoms with Gasteiger partial charge in [-0.15, -0.1) is 0 Å². The number of hydrogen-bond donors (Lipinski definition) is 1. The van der Waals surface area contributed by atoms with E-state index in [9.17, 15) is 0 Å². The van der Waals surface area contributed by atoms with Crippen LogP contribution in [0.2, 0.25) is 0 Å². The van der Waals surface area contributed by atoms with Crippen LogP contribution in [0.25, 0.3) is 99.8 Å². The summed E-state index contributed by atoms with van der Waals surface area (Å²) in [6.45, 7) is 11.4. The number of H-pyrrole nitrogens is 1. The van der Waals surface area contributed by atoms with E-state index in [-0.39, 0.29) is 10.8 Å². The predicted octanol–water partition coefficient (Wildman–Crippen LogP) is 15.8. The van der Waals surface area contributed by atoms with Gasteiger partial charge in [0, 0.05) is 55.5 Å². The topological polar surface area (TPSA) is 51.4 Å². The van der Waals surface area contributed by atoms with Crippen LogP contribution < -0.4 is 0 Å². The first-order valence-electron chi connectivity index (χ1n) is 22.9. The van der Waals surface area contributed by atoms with Crippen LogP contribution in [-0.2, 0) is 10.8 Å². The highest BCUT2D eigenvalue weighted by Gasteiger charge is 2.26. The largest absolute Gasteiger partial charge is 0.354 e. The normalized spacial score (nSPS) is 12.3. The number of aromatic amines is 1. The van der Waals surface area contributed by atoms with Gasteiger partial charge >= 0.3 is 0 Å². The molecule has 0 saturated carbocycles. The number of fused-ring (bicyclic) bond motifs is 7. The highest BCUT2D eigenvalue weighted by atomic mass is 15.1. The fourth-order valence-corrected chi connectivity index (χ4v) is 10.1. The van der Waals surface area contributed by atoms with E-state index in [4.69, 9.17) is 9.97 Å². The second kappa shape index (κ2) is 15.0. The molecule has 0 aliphatic heterocycles. The molecule has 5 nitrogen and oxygen atoms in total. The Labute approximate surface area is 384 Å². The number of nitrogens with zero attached hydrogens (tertiary/aromatic N) is 4. The number of benzene rings is 8. The Morgan fingerprint density at radius 1 is 0.439 bits per heavy atom. The fraction of sp³-hybridized carbons (Fsp3) is 0.115.